The van der Waals surface area contributed by atoms with Gasteiger partial charge < -0.3 is 86.0 Å². The smallest absolute Gasteiger partial charge is 0.297 e. The molecule has 0 saturated heterocycles. The van der Waals surface area contributed by atoms with Crippen LogP contribution in [-0.2, 0) is 99.1 Å². The van der Waals surface area contributed by atoms with E-state index < -0.39 is 19.2 Å². The predicted octanol–water partition coefficient (Wildman–Crippen LogP) is 3.91. The molecule has 0 fully saturated rings. The zero-order chi connectivity index (χ0) is 61.0. The highest BCUT2D eigenvalue weighted by Gasteiger charge is 2.14. The van der Waals surface area contributed by atoms with Gasteiger partial charge in [-0.05, 0) is 43.6 Å². The van der Waals surface area contributed by atoms with Crippen LogP contribution in [0.1, 0.15) is 11.1 Å². The highest BCUT2D eigenvalue weighted by Crippen LogP contribution is 2.15. The molecule has 2 aromatic rings. The zero-order valence-electron chi connectivity index (χ0n) is 48.6. The van der Waals surface area contributed by atoms with Crippen LogP contribution in [0.2, 0.25) is 0 Å². The second-order valence-electron chi connectivity index (χ2n) is 15.1. The number of terminal acetylenes is 1. The molecule has 81 heavy (non-hydrogen) atoms. The van der Waals surface area contributed by atoms with Crippen molar-refractivity contribution < 1.29 is 107 Å². The monoisotopic (exact) mass is 1230 g/mol. The number of hydrogen-bond donors (Lipinski definition) is 2. The molecule has 0 aromatic heterocycles. The average molecular weight is 1230 g/mol. The molecule has 0 spiro atoms. The Morgan fingerprint density at radius 1 is 0.444 bits per heavy atom. The lowest BCUT2D eigenvalue weighted by molar-refractivity contribution is 0.00759. The molecule has 0 amide bonds. The van der Waals surface area contributed by atoms with Crippen LogP contribution >= 0.6 is 10.7 Å². The number of ether oxygens (including phenoxy) is 16. The first-order valence-corrected chi connectivity index (χ1v) is 29.4. The maximum atomic E-state index is 11.8. The molecule has 0 radical (unpaired) electrons. The van der Waals surface area contributed by atoms with E-state index in [0.717, 1.165) is 11.1 Å². The van der Waals surface area contributed by atoms with Crippen LogP contribution in [0.5, 0.6) is 0 Å². The molecule has 0 heterocycles. The second-order valence-corrected chi connectivity index (χ2v) is 19.3. The first-order valence-electron chi connectivity index (χ1n) is 25.7. The summed E-state index contributed by atoms with van der Waals surface area (Å²) in [4.78, 5) is 2.88. The minimum atomic E-state index is -3.71. The molecule has 26 nitrogen and oxygen atoms in total. The largest absolute Gasteiger partial charge is 0.394 e. The first-order chi connectivity index (χ1) is 39.2. The van der Waals surface area contributed by atoms with Crippen molar-refractivity contribution in [2.45, 2.75) is 23.6 Å². The molecule has 0 unspecified atom stereocenters. The van der Waals surface area contributed by atoms with Gasteiger partial charge in [-0.3, -0.25) is 4.18 Å². The van der Waals surface area contributed by atoms with Gasteiger partial charge in [-0.25, -0.2) is 8.42 Å². The molecule has 0 aliphatic heterocycles. The van der Waals surface area contributed by atoms with Crippen LogP contribution in [-0.4, -0.2) is 267 Å². The van der Waals surface area contributed by atoms with Crippen LogP contribution in [0, 0.1) is 26.2 Å². The Hall–Kier alpha value is -3.26. The standard InChI is InChI=1S/C14H22O6S.C10H18O4.C7H7ClO2S.C7H15N3O3.2C7H16O4/c1-13-3-5-14(6-4-13)21(15,16)20-12-11-19-10-9-18-8-7-17-2;1-3-4-12-7-8-14-10-9-13-6-5-11-2;1-6-2-4-7(5-3-6)11(8,9)10;1-11-4-5-13-7-6-12-3-2-9-10-8;2*1-9-4-5-11-7-6-10-3-2-8/h3-6H,7-12H2,1-2H3;1H,4-10H2,2H3;2-5H,1H3;2-7H2,1H3;2*8H,2-7H2,1H3. The summed E-state index contributed by atoms with van der Waals surface area (Å²) < 4.78 is 130. The third-order valence-electron chi connectivity index (χ3n) is 8.52. The van der Waals surface area contributed by atoms with Gasteiger partial charge in [0.05, 0.1) is 201 Å². The summed E-state index contributed by atoms with van der Waals surface area (Å²) >= 11 is 0. The first kappa shape index (κ1) is 84.2. The van der Waals surface area contributed by atoms with Crippen molar-refractivity contribution in [2.24, 2.45) is 5.11 Å². The molecular weight excluding hydrogens is 1130 g/mol. The van der Waals surface area contributed by atoms with E-state index in [1.807, 2.05) is 13.8 Å². The van der Waals surface area contributed by atoms with Crippen LogP contribution in [0.15, 0.2) is 63.4 Å². The summed E-state index contributed by atoms with van der Waals surface area (Å²) in [5, 5.41) is 20.0. The Labute approximate surface area is 486 Å². The highest BCUT2D eigenvalue weighted by atomic mass is 35.7. The molecule has 0 saturated carbocycles. The molecule has 0 aliphatic carbocycles. The molecule has 0 atom stereocenters. The maximum Gasteiger partial charge on any atom is 0.297 e. The van der Waals surface area contributed by atoms with Crippen molar-refractivity contribution in [3.63, 3.8) is 0 Å². The van der Waals surface area contributed by atoms with Crippen molar-refractivity contribution >= 4 is 29.9 Å². The topological polar surface area (TPSA) is 314 Å². The van der Waals surface area contributed by atoms with Gasteiger partial charge in [0.2, 0.25) is 0 Å². The van der Waals surface area contributed by atoms with Gasteiger partial charge in [0, 0.05) is 57.7 Å². The van der Waals surface area contributed by atoms with Crippen molar-refractivity contribution in [3.05, 3.63) is 70.1 Å². The van der Waals surface area contributed by atoms with Gasteiger partial charge in [0.1, 0.15) is 6.61 Å². The molecule has 2 rings (SSSR count). The van der Waals surface area contributed by atoms with Crippen LogP contribution in [0.4, 0.5) is 0 Å². The van der Waals surface area contributed by atoms with E-state index >= 15 is 0 Å². The van der Waals surface area contributed by atoms with E-state index in [1.54, 1.807) is 59.8 Å². The summed E-state index contributed by atoms with van der Waals surface area (Å²) in [6.07, 6.45) is 4.99. The quantitative estimate of drug-likeness (QED) is 0.0180. The van der Waals surface area contributed by atoms with Gasteiger partial charge in [-0.1, -0.05) is 46.4 Å². The molecule has 0 aliphatic rings. The number of hydrogen-bond acceptors (Lipinski definition) is 24. The number of methoxy groups -OCH3 is 5. The van der Waals surface area contributed by atoms with Crippen molar-refractivity contribution in [2.75, 3.05) is 240 Å². The minimum Gasteiger partial charge on any atom is -0.394 e. The third-order valence-corrected chi connectivity index (χ3v) is 11.2. The highest BCUT2D eigenvalue weighted by molar-refractivity contribution is 8.13. The van der Waals surface area contributed by atoms with Crippen molar-refractivity contribution in [1.29, 1.82) is 0 Å². The van der Waals surface area contributed by atoms with E-state index in [9.17, 15) is 16.8 Å². The predicted molar refractivity (Wildman–Crippen MR) is 304 cm³/mol. The van der Waals surface area contributed by atoms with E-state index in [0.29, 0.717) is 178 Å². The van der Waals surface area contributed by atoms with E-state index in [-0.39, 0.29) is 36.2 Å². The fourth-order valence-corrected chi connectivity index (χ4v) is 6.19. The summed E-state index contributed by atoms with van der Waals surface area (Å²) in [6.45, 7) is 18.2. The zero-order valence-corrected chi connectivity index (χ0v) is 51.0. The molecule has 29 heteroatoms. The van der Waals surface area contributed by atoms with E-state index in [1.165, 1.54) is 24.3 Å². The summed E-state index contributed by atoms with van der Waals surface area (Å²) in [6, 6.07) is 12.9. The van der Waals surface area contributed by atoms with Gasteiger partial charge in [0.25, 0.3) is 19.2 Å². The van der Waals surface area contributed by atoms with Crippen molar-refractivity contribution in [3.8, 4) is 12.3 Å². The molecule has 2 N–H and O–H groups in total. The van der Waals surface area contributed by atoms with Crippen molar-refractivity contribution in [1.82, 2.24) is 0 Å². The summed E-state index contributed by atoms with van der Waals surface area (Å²) in [5.41, 5.74) is 9.93. The number of aryl methyl sites for hydroxylation is 2. The SMILES string of the molecule is C#CCOCCOCCOCCOC.COCCOCCOCCN=[N+]=[N-].COCCOCCOCCO.COCCOCCOCCO.COCCOCCOCCOS(=O)(=O)c1ccc(C)cc1.Cc1ccc(S(=O)(=O)Cl)cc1. The van der Waals surface area contributed by atoms with Gasteiger partial charge in [0.15, 0.2) is 0 Å². The van der Waals surface area contributed by atoms with Gasteiger partial charge in [-0.2, -0.15) is 8.42 Å². The maximum absolute atomic E-state index is 11.8. The molecule has 2 aromatic carbocycles. The van der Waals surface area contributed by atoms with Crippen LogP contribution in [0.3, 0.4) is 0 Å². The summed E-state index contributed by atoms with van der Waals surface area (Å²) in [5.74, 6) is 2.38. The van der Waals surface area contributed by atoms with Crippen LogP contribution in [0.25, 0.3) is 10.4 Å². The Kier molecular flexibility index (Phi) is 72.0. The fourth-order valence-electron chi connectivity index (χ4n) is 4.53. The minimum absolute atomic E-state index is 0.0196. The Morgan fingerprint density at radius 3 is 1.00 bits per heavy atom. The number of benzene rings is 2. The Bertz CT molecular complexity index is 1850. The number of halogens is 1. The average Bonchev–Trinajstić information content (AvgIpc) is 3.48. The molecule has 474 valence electrons. The van der Waals surface area contributed by atoms with Crippen LogP contribution < -0.4 is 0 Å². The van der Waals surface area contributed by atoms with E-state index in [2.05, 4.69) is 15.9 Å². The molecule has 0 bridgehead atoms. The van der Waals surface area contributed by atoms with E-state index in [4.69, 9.17) is 113 Å². The Morgan fingerprint density at radius 2 is 0.716 bits per heavy atom. The van der Waals surface area contributed by atoms with Gasteiger partial charge >= 0.3 is 0 Å². The lowest BCUT2D eigenvalue weighted by Gasteiger charge is -2.07. The van der Waals surface area contributed by atoms with Gasteiger partial charge in [-0.15, -0.1) is 6.42 Å². The number of aliphatic hydroxyl groups is 2. The normalized spacial score (nSPS) is 10.7. The number of aliphatic hydroxyl groups excluding tert-OH is 2. The Balaban J connectivity index is -0.000000448. The fraction of sp³-hybridized carbons (Fsp3) is 0.731. The number of azide groups is 1. The number of nitrogens with zero attached hydrogens (tertiary/aromatic N) is 3. The lowest BCUT2D eigenvalue weighted by Crippen LogP contribution is -2.14. The third kappa shape index (κ3) is 70.9. The second kappa shape index (κ2) is 69.2. The summed E-state index contributed by atoms with van der Waals surface area (Å²) in [7, 11) is 5.96. The lowest BCUT2D eigenvalue weighted by atomic mass is 10.2. The number of rotatable bonds is 47. The molecular formula is C52H94ClN3O23S2.